The maximum absolute atomic E-state index is 12.1. The largest absolute Gasteiger partial charge is 0.332 e. The number of halogens is 1. The lowest BCUT2D eigenvalue weighted by atomic mass is 10.2. The maximum Gasteiger partial charge on any atom is 0.257 e. The van der Waals surface area contributed by atoms with Gasteiger partial charge in [-0.2, -0.15) is 0 Å². The predicted molar refractivity (Wildman–Crippen MR) is 108 cm³/mol. The summed E-state index contributed by atoms with van der Waals surface area (Å²) in [5, 5.41) is 8.55. The molecule has 0 saturated heterocycles. The Bertz CT molecular complexity index is 791. The van der Waals surface area contributed by atoms with Crippen LogP contribution in [0.2, 0.25) is 0 Å². The van der Waals surface area contributed by atoms with Crippen LogP contribution in [0.5, 0.6) is 0 Å². The van der Waals surface area contributed by atoms with Crippen molar-refractivity contribution in [2.75, 3.05) is 10.6 Å². The first-order chi connectivity index (χ1) is 11.8. The van der Waals surface area contributed by atoms with E-state index < -0.39 is 0 Å². The molecule has 0 unspecified atom stereocenters. The van der Waals surface area contributed by atoms with Gasteiger partial charge in [0.2, 0.25) is 5.91 Å². The molecule has 7 heteroatoms. The van der Waals surface area contributed by atoms with E-state index in [9.17, 15) is 9.59 Å². The summed E-state index contributed by atoms with van der Waals surface area (Å²) in [5.41, 5.74) is 1.83. The molecule has 2 rings (SSSR count). The van der Waals surface area contributed by atoms with Gasteiger partial charge in [-0.3, -0.25) is 14.9 Å². The Morgan fingerprint density at radius 3 is 2.20 bits per heavy atom. The van der Waals surface area contributed by atoms with E-state index in [0.29, 0.717) is 16.9 Å². The number of rotatable bonds is 4. The SMILES string of the molecule is CC(C)C(=O)Nc1cccc(NC(=S)NC(=O)c2ccc(Br)cc2)c1. The van der Waals surface area contributed by atoms with Gasteiger partial charge < -0.3 is 10.6 Å². The highest BCUT2D eigenvalue weighted by molar-refractivity contribution is 9.10. The van der Waals surface area contributed by atoms with Crippen LogP contribution in [0.25, 0.3) is 0 Å². The Balaban J connectivity index is 1.97. The molecule has 0 aliphatic carbocycles. The molecule has 3 N–H and O–H groups in total. The summed E-state index contributed by atoms with van der Waals surface area (Å²) in [7, 11) is 0. The molecule has 0 atom stereocenters. The van der Waals surface area contributed by atoms with Crippen LogP contribution in [-0.2, 0) is 4.79 Å². The lowest BCUT2D eigenvalue weighted by Crippen LogP contribution is -2.34. The number of hydrogen-bond acceptors (Lipinski definition) is 3. The predicted octanol–water partition coefficient (Wildman–Crippen LogP) is 4.17. The molecule has 0 bridgehead atoms. The van der Waals surface area contributed by atoms with Crippen molar-refractivity contribution in [1.29, 1.82) is 0 Å². The normalized spacial score (nSPS) is 10.2. The van der Waals surface area contributed by atoms with Gasteiger partial charge in [0.15, 0.2) is 5.11 Å². The first-order valence-corrected chi connectivity index (χ1v) is 8.84. The highest BCUT2D eigenvalue weighted by Gasteiger charge is 2.09. The van der Waals surface area contributed by atoms with Crippen LogP contribution >= 0.6 is 28.1 Å². The number of anilines is 2. The van der Waals surface area contributed by atoms with Gasteiger partial charge >= 0.3 is 0 Å². The van der Waals surface area contributed by atoms with Gasteiger partial charge in [-0.1, -0.05) is 35.8 Å². The number of carbonyl (C=O) groups excluding carboxylic acids is 2. The molecular weight excluding hydrogens is 402 g/mol. The smallest absolute Gasteiger partial charge is 0.257 e. The van der Waals surface area contributed by atoms with Crippen LogP contribution < -0.4 is 16.0 Å². The summed E-state index contributed by atoms with van der Waals surface area (Å²) in [6, 6.07) is 14.1. The van der Waals surface area contributed by atoms with Crippen LogP contribution in [0, 0.1) is 5.92 Å². The third-order valence-electron chi connectivity index (χ3n) is 3.25. The van der Waals surface area contributed by atoms with E-state index in [2.05, 4.69) is 31.9 Å². The average Bonchev–Trinajstić information content (AvgIpc) is 2.55. The van der Waals surface area contributed by atoms with E-state index in [1.54, 1.807) is 48.5 Å². The fourth-order valence-corrected chi connectivity index (χ4v) is 2.38. The van der Waals surface area contributed by atoms with Gasteiger partial charge in [0, 0.05) is 27.3 Å². The number of benzene rings is 2. The second kappa shape index (κ2) is 8.73. The third-order valence-corrected chi connectivity index (χ3v) is 3.98. The Morgan fingerprint density at radius 2 is 1.60 bits per heavy atom. The highest BCUT2D eigenvalue weighted by Crippen LogP contribution is 2.16. The minimum absolute atomic E-state index is 0.0664. The van der Waals surface area contributed by atoms with Crippen molar-refractivity contribution >= 4 is 56.4 Å². The Morgan fingerprint density at radius 1 is 1.00 bits per heavy atom. The fraction of sp³-hybridized carbons (Fsp3) is 0.167. The van der Waals surface area contributed by atoms with Crippen LogP contribution in [0.3, 0.4) is 0 Å². The molecule has 0 fully saturated rings. The molecule has 2 aromatic rings. The van der Waals surface area contributed by atoms with Crippen LogP contribution in [0.15, 0.2) is 53.0 Å². The van der Waals surface area contributed by atoms with Crippen LogP contribution in [0.1, 0.15) is 24.2 Å². The van der Waals surface area contributed by atoms with Gasteiger partial charge in [-0.05, 0) is 54.7 Å². The lowest BCUT2D eigenvalue weighted by Gasteiger charge is -2.12. The van der Waals surface area contributed by atoms with Crippen molar-refractivity contribution in [3.63, 3.8) is 0 Å². The number of nitrogens with one attached hydrogen (secondary N) is 3. The molecular formula is C18H18BrN3O2S. The topological polar surface area (TPSA) is 70.2 Å². The second-order valence-electron chi connectivity index (χ2n) is 5.64. The average molecular weight is 420 g/mol. The quantitative estimate of drug-likeness (QED) is 0.650. The monoisotopic (exact) mass is 419 g/mol. The number of amides is 2. The van der Waals surface area contributed by atoms with E-state index in [1.165, 1.54) is 0 Å². The Labute approximate surface area is 160 Å². The van der Waals surface area contributed by atoms with Crippen LogP contribution in [-0.4, -0.2) is 16.9 Å². The molecule has 0 aliphatic heterocycles. The van der Waals surface area contributed by atoms with Crippen molar-refractivity contribution in [1.82, 2.24) is 5.32 Å². The van der Waals surface area contributed by atoms with Gasteiger partial charge in [-0.25, -0.2) is 0 Å². The van der Waals surface area contributed by atoms with E-state index in [1.807, 2.05) is 13.8 Å². The van der Waals surface area contributed by atoms with Crippen molar-refractivity contribution in [3.8, 4) is 0 Å². The highest BCUT2D eigenvalue weighted by atomic mass is 79.9. The first-order valence-electron chi connectivity index (χ1n) is 7.64. The minimum Gasteiger partial charge on any atom is -0.332 e. The Hall–Kier alpha value is -2.25. The molecule has 0 heterocycles. The molecule has 0 spiro atoms. The molecule has 2 amide bonds. The summed E-state index contributed by atoms with van der Waals surface area (Å²) in [4.78, 5) is 23.9. The summed E-state index contributed by atoms with van der Waals surface area (Å²) >= 11 is 8.49. The van der Waals surface area contributed by atoms with E-state index >= 15 is 0 Å². The maximum atomic E-state index is 12.1. The summed E-state index contributed by atoms with van der Waals surface area (Å²) in [5.74, 6) is -0.472. The number of hydrogen-bond donors (Lipinski definition) is 3. The lowest BCUT2D eigenvalue weighted by molar-refractivity contribution is -0.118. The van der Waals surface area contributed by atoms with Crippen molar-refractivity contribution in [3.05, 3.63) is 58.6 Å². The van der Waals surface area contributed by atoms with Crippen molar-refractivity contribution in [2.24, 2.45) is 5.92 Å². The standard InChI is InChI=1S/C18H18BrN3O2S/c1-11(2)16(23)20-14-4-3-5-15(10-14)21-18(25)22-17(24)12-6-8-13(19)9-7-12/h3-11H,1-2H3,(H,20,23)(H2,21,22,24,25). The van der Waals surface area contributed by atoms with Gasteiger partial charge in [0.1, 0.15) is 0 Å². The molecule has 0 aliphatic rings. The van der Waals surface area contributed by atoms with Crippen LogP contribution in [0.4, 0.5) is 11.4 Å². The molecule has 2 aromatic carbocycles. The molecule has 0 aromatic heterocycles. The van der Waals surface area contributed by atoms with Gasteiger partial charge in [-0.15, -0.1) is 0 Å². The molecule has 5 nitrogen and oxygen atoms in total. The molecule has 0 radical (unpaired) electrons. The zero-order valence-corrected chi connectivity index (χ0v) is 16.2. The zero-order valence-electron chi connectivity index (χ0n) is 13.8. The van der Waals surface area contributed by atoms with Crippen molar-refractivity contribution in [2.45, 2.75) is 13.8 Å². The minimum atomic E-state index is -0.297. The van der Waals surface area contributed by atoms with Gasteiger partial charge in [0.25, 0.3) is 5.91 Å². The zero-order chi connectivity index (χ0) is 18.4. The fourth-order valence-electron chi connectivity index (χ4n) is 1.90. The number of carbonyl (C=O) groups is 2. The van der Waals surface area contributed by atoms with E-state index in [-0.39, 0.29) is 22.8 Å². The summed E-state index contributed by atoms with van der Waals surface area (Å²) < 4.78 is 0.894. The van der Waals surface area contributed by atoms with Crippen molar-refractivity contribution < 1.29 is 9.59 Å². The van der Waals surface area contributed by atoms with E-state index in [0.717, 1.165) is 4.47 Å². The number of thiocarbonyl (C=S) groups is 1. The van der Waals surface area contributed by atoms with Gasteiger partial charge in [0.05, 0.1) is 0 Å². The summed E-state index contributed by atoms with van der Waals surface area (Å²) in [6.07, 6.45) is 0. The molecule has 0 saturated carbocycles. The third kappa shape index (κ3) is 5.95. The summed E-state index contributed by atoms with van der Waals surface area (Å²) in [6.45, 7) is 3.65. The first kappa shape index (κ1) is 19.1. The molecule has 25 heavy (non-hydrogen) atoms. The second-order valence-corrected chi connectivity index (χ2v) is 6.96. The Kier molecular flexibility index (Phi) is 6.66. The molecule has 130 valence electrons. The van der Waals surface area contributed by atoms with E-state index in [4.69, 9.17) is 12.2 Å².